The Labute approximate surface area is 133 Å². The molecule has 22 heavy (non-hydrogen) atoms. The molecule has 0 radical (unpaired) electrons. The number of sulfonamides is 1. The molecule has 0 aliphatic carbocycles. The van der Waals surface area contributed by atoms with E-state index in [1.54, 1.807) is 11.4 Å². The normalized spacial score (nSPS) is 19.2. The molecule has 1 aliphatic heterocycles. The van der Waals surface area contributed by atoms with Crippen LogP contribution in [0.1, 0.15) is 24.5 Å². The average molecular weight is 327 g/mol. The standard InChI is InChI=1S/C16H25NO4S/c1-20-12-13-22(18,19)17-10-8-15(9-11-17)16(21-2)14-6-4-3-5-7-14/h3-7,15-16H,8-13H2,1-2H3. The third kappa shape index (κ3) is 4.29. The zero-order chi connectivity index (χ0) is 16.0. The molecule has 6 heteroatoms. The number of hydrogen-bond donors (Lipinski definition) is 0. The maximum absolute atomic E-state index is 12.2. The molecule has 0 aromatic heterocycles. The Morgan fingerprint density at radius 1 is 1.18 bits per heavy atom. The average Bonchev–Trinajstić information content (AvgIpc) is 2.55. The fraction of sp³-hybridized carbons (Fsp3) is 0.625. The summed E-state index contributed by atoms with van der Waals surface area (Å²) in [5.41, 5.74) is 1.16. The summed E-state index contributed by atoms with van der Waals surface area (Å²) in [6.07, 6.45) is 1.67. The van der Waals surface area contributed by atoms with E-state index in [0.29, 0.717) is 19.0 Å². The van der Waals surface area contributed by atoms with Crippen molar-refractivity contribution in [1.29, 1.82) is 0 Å². The molecule has 1 unspecified atom stereocenters. The number of ether oxygens (including phenoxy) is 2. The van der Waals surface area contributed by atoms with Crippen molar-refractivity contribution >= 4 is 10.0 Å². The molecule has 5 nitrogen and oxygen atoms in total. The van der Waals surface area contributed by atoms with Crippen LogP contribution in [-0.4, -0.2) is 52.4 Å². The quantitative estimate of drug-likeness (QED) is 0.769. The van der Waals surface area contributed by atoms with Gasteiger partial charge in [0.25, 0.3) is 0 Å². The first-order valence-electron chi connectivity index (χ1n) is 7.63. The lowest BCUT2D eigenvalue weighted by Gasteiger charge is -2.35. The summed E-state index contributed by atoms with van der Waals surface area (Å²) in [6.45, 7) is 1.36. The van der Waals surface area contributed by atoms with E-state index < -0.39 is 10.0 Å². The number of methoxy groups -OCH3 is 2. The van der Waals surface area contributed by atoms with Gasteiger partial charge in [-0.2, -0.15) is 0 Å². The van der Waals surface area contributed by atoms with E-state index in [1.807, 2.05) is 18.2 Å². The van der Waals surface area contributed by atoms with Gasteiger partial charge in [0.2, 0.25) is 10.0 Å². The fourth-order valence-corrected chi connectivity index (χ4v) is 4.42. The first-order valence-corrected chi connectivity index (χ1v) is 9.24. The van der Waals surface area contributed by atoms with E-state index in [-0.39, 0.29) is 18.5 Å². The summed E-state index contributed by atoms with van der Waals surface area (Å²) in [5.74, 6) is 0.405. The number of rotatable bonds is 7. The molecule has 124 valence electrons. The molecule has 0 amide bonds. The van der Waals surface area contributed by atoms with Crippen LogP contribution in [0.25, 0.3) is 0 Å². The summed E-state index contributed by atoms with van der Waals surface area (Å²) in [6, 6.07) is 10.1. The van der Waals surface area contributed by atoms with Gasteiger partial charge in [0.15, 0.2) is 0 Å². The van der Waals surface area contributed by atoms with Gasteiger partial charge in [-0.15, -0.1) is 0 Å². The highest BCUT2D eigenvalue weighted by atomic mass is 32.2. The molecule has 1 aromatic carbocycles. The SMILES string of the molecule is COCCS(=O)(=O)N1CCC(C(OC)c2ccccc2)CC1. The number of benzene rings is 1. The Morgan fingerprint density at radius 3 is 2.36 bits per heavy atom. The third-order valence-corrected chi connectivity index (χ3v) is 6.08. The van der Waals surface area contributed by atoms with Crippen molar-refractivity contribution in [2.75, 3.05) is 39.7 Å². The van der Waals surface area contributed by atoms with E-state index in [1.165, 1.54) is 7.11 Å². The predicted octanol–water partition coefficient (Wildman–Crippen LogP) is 2.06. The molecule has 1 fully saturated rings. The van der Waals surface area contributed by atoms with Gasteiger partial charge < -0.3 is 9.47 Å². The molecule has 1 atom stereocenters. The minimum absolute atomic E-state index is 0.0324. The summed E-state index contributed by atoms with van der Waals surface area (Å²) < 4.78 is 36.5. The Hall–Kier alpha value is -0.950. The highest BCUT2D eigenvalue weighted by molar-refractivity contribution is 7.89. The van der Waals surface area contributed by atoms with Crippen LogP contribution in [0.5, 0.6) is 0 Å². The number of hydrogen-bond acceptors (Lipinski definition) is 4. The molecule has 2 rings (SSSR count). The smallest absolute Gasteiger partial charge is 0.216 e. The lowest BCUT2D eigenvalue weighted by molar-refractivity contribution is 0.0303. The zero-order valence-corrected chi connectivity index (χ0v) is 14.1. The van der Waals surface area contributed by atoms with Gasteiger partial charge in [-0.1, -0.05) is 30.3 Å². The van der Waals surface area contributed by atoms with Crippen LogP contribution in [0.2, 0.25) is 0 Å². The summed E-state index contributed by atoms with van der Waals surface area (Å²) in [5, 5.41) is 0. The largest absolute Gasteiger partial charge is 0.384 e. The van der Waals surface area contributed by atoms with Crippen LogP contribution in [0, 0.1) is 5.92 Å². The first kappa shape index (κ1) is 17.4. The van der Waals surface area contributed by atoms with E-state index in [2.05, 4.69) is 12.1 Å². The number of piperidine rings is 1. The zero-order valence-electron chi connectivity index (χ0n) is 13.3. The molecule has 0 bridgehead atoms. The first-order chi connectivity index (χ1) is 10.6. The van der Waals surface area contributed by atoms with Crippen molar-refractivity contribution in [2.45, 2.75) is 18.9 Å². The van der Waals surface area contributed by atoms with Crippen molar-refractivity contribution in [3.05, 3.63) is 35.9 Å². The minimum Gasteiger partial charge on any atom is -0.384 e. The van der Waals surface area contributed by atoms with Crippen molar-refractivity contribution < 1.29 is 17.9 Å². The van der Waals surface area contributed by atoms with Crippen LogP contribution in [0.3, 0.4) is 0 Å². The van der Waals surface area contributed by atoms with Gasteiger partial charge in [-0.3, -0.25) is 0 Å². The second kappa shape index (κ2) is 8.06. The predicted molar refractivity (Wildman–Crippen MR) is 86.2 cm³/mol. The van der Waals surface area contributed by atoms with Crippen molar-refractivity contribution in [2.24, 2.45) is 5.92 Å². The molecule has 0 saturated carbocycles. The Kier molecular flexibility index (Phi) is 6.37. The highest BCUT2D eigenvalue weighted by Gasteiger charge is 2.32. The van der Waals surface area contributed by atoms with Crippen molar-refractivity contribution in [1.82, 2.24) is 4.31 Å². The topological polar surface area (TPSA) is 55.8 Å². The Morgan fingerprint density at radius 2 is 1.82 bits per heavy atom. The fourth-order valence-electron chi connectivity index (χ4n) is 3.02. The molecular formula is C16H25NO4S. The highest BCUT2D eigenvalue weighted by Crippen LogP contribution is 2.33. The van der Waals surface area contributed by atoms with Gasteiger partial charge in [0, 0.05) is 27.3 Å². The van der Waals surface area contributed by atoms with Crippen molar-refractivity contribution in [3.63, 3.8) is 0 Å². The molecule has 1 aliphatic rings. The number of nitrogens with zero attached hydrogens (tertiary/aromatic N) is 1. The molecule has 1 aromatic rings. The maximum Gasteiger partial charge on any atom is 0.216 e. The van der Waals surface area contributed by atoms with Crippen LogP contribution in [0.15, 0.2) is 30.3 Å². The van der Waals surface area contributed by atoms with Gasteiger partial charge in [0.05, 0.1) is 18.5 Å². The van der Waals surface area contributed by atoms with Crippen LogP contribution in [-0.2, 0) is 19.5 Å². The molecule has 0 N–H and O–H groups in total. The second-order valence-corrected chi connectivity index (χ2v) is 7.70. The van der Waals surface area contributed by atoms with Gasteiger partial charge in [0.1, 0.15) is 0 Å². The van der Waals surface area contributed by atoms with E-state index in [9.17, 15) is 8.42 Å². The second-order valence-electron chi connectivity index (χ2n) is 5.61. The monoisotopic (exact) mass is 327 g/mol. The van der Waals surface area contributed by atoms with E-state index in [4.69, 9.17) is 9.47 Å². The van der Waals surface area contributed by atoms with Gasteiger partial charge in [-0.25, -0.2) is 12.7 Å². The van der Waals surface area contributed by atoms with E-state index >= 15 is 0 Å². The third-order valence-electron chi connectivity index (χ3n) is 4.25. The Bertz CT molecular complexity index is 539. The molecule has 1 saturated heterocycles. The molecule has 0 spiro atoms. The summed E-state index contributed by atoms with van der Waals surface area (Å²) >= 11 is 0. The molecular weight excluding hydrogens is 302 g/mol. The summed E-state index contributed by atoms with van der Waals surface area (Å²) in [7, 11) is 0.0418. The lowest BCUT2D eigenvalue weighted by atomic mass is 9.88. The maximum atomic E-state index is 12.2. The van der Waals surface area contributed by atoms with Crippen LogP contribution < -0.4 is 0 Å². The summed E-state index contributed by atoms with van der Waals surface area (Å²) in [4.78, 5) is 0. The van der Waals surface area contributed by atoms with Crippen LogP contribution in [0.4, 0.5) is 0 Å². The van der Waals surface area contributed by atoms with Gasteiger partial charge >= 0.3 is 0 Å². The Balaban J connectivity index is 1.96. The molecule has 1 heterocycles. The van der Waals surface area contributed by atoms with Crippen LogP contribution >= 0.6 is 0 Å². The van der Waals surface area contributed by atoms with Gasteiger partial charge in [-0.05, 0) is 24.3 Å². The van der Waals surface area contributed by atoms with E-state index in [0.717, 1.165) is 18.4 Å². The minimum atomic E-state index is -3.20. The lowest BCUT2D eigenvalue weighted by Crippen LogP contribution is -2.41. The van der Waals surface area contributed by atoms with Crippen molar-refractivity contribution in [3.8, 4) is 0 Å².